The van der Waals surface area contributed by atoms with Crippen LogP contribution in [0.3, 0.4) is 0 Å². The summed E-state index contributed by atoms with van der Waals surface area (Å²) in [6.45, 7) is 10.00. The predicted molar refractivity (Wildman–Crippen MR) is 81.0 cm³/mol. The molecule has 0 N–H and O–H groups in total. The van der Waals surface area contributed by atoms with Gasteiger partial charge in [0.05, 0.1) is 0 Å². The highest BCUT2D eigenvalue weighted by Crippen LogP contribution is 2.28. The van der Waals surface area contributed by atoms with Gasteiger partial charge in [0.25, 0.3) is 0 Å². The third-order valence-corrected chi connectivity index (χ3v) is 3.46. The molecule has 0 unspecified atom stereocenters. The van der Waals surface area contributed by atoms with Crippen LogP contribution in [0.1, 0.15) is 33.3 Å². The molecule has 0 bridgehead atoms. The van der Waals surface area contributed by atoms with Crippen molar-refractivity contribution in [3.05, 3.63) is 28.2 Å². The normalized spacial score (nSPS) is 11.3. The van der Waals surface area contributed by atoms with E-state index in [0.29, 0.717) is 17.8 Å². The number of alkyl halides is 1. The minimum absolute atomic E-state index is 0.487. The van der Waals surface area contributed by atoms with E-state index >= 15 is 0 Å². The molecule has 96 valence electrons. The predicted octanol–water partition coefficient (Wildman–Crippen LogP) is 5.06. The molecule has 0 saturated carbocycles. The molecule has 1 rings (SSSR count). The van der Waals surface area contributed by atoms with E-state index in [1.54, 1.807) is 0 Å². The maximum atomic E-state index is 6.04. The quantitative estimate of drug-likeness (QED) is 0.686. The molecule has 0 fully saturated rings. The molecule has 0 saturated heterocycles. The lowest BCUT2D eigenvalue weighted by atomic mass is 10.1. The molecular formula is C14H21BrClN. The summed E-state index contributed by atoms with van der Waals surface area (Å²) in [7, 11) is 0. The number of benzene rings is 1. The van der Waals surface area contributed by atoms with E-state index in [2.05, 4.69) is 66.7 Å². The van der Waals surface area contributed by atoms with E-state index in [1.807, 2.05) is 0 Å². The SMILES string of the molecule is CC(C)CN(c1ccc(Br)cc1CCl)C(C)C. The van der Waals surface area contributed by atoms with Crippen LogP contribution in [0, 0.1) is 5.92 Å². The molecule has 17 heavy (non-hydrogen) atoms. The molecule has 0 aliphatic rings. The Balaban J connectivity index is 3.08. The average Bonchev–Trinajstić information content (AvgIpc) is 2.25. The third-order valence-electron chi connectivity index (χ3n) is 2.68. The van der Waals surface area contributed by atoms with Crippen LogP contribution in [-0.2, 0) is 5.88 Å². The van der Waals surface area contributed by atoms with Crippen molar-refractivity contribution in [2.24, 2.45) is 5.92 Å². The number of rotatable bonds is 5. The van der Waals surface area contributed by atoms with Gasteiger partial charge in [-0.05, 0) is 43.5 Å². The molecule has 0 spiro atoms. The molecule has 1 aromatic carbocycles. The summed E-state index contributed by atoms with van der Waals surface area (Å²) in [5.74, 6) is 1.19. The monoisotopic (exact) mass is 317 g/mol. The van der Waals surface area contributed by atoms with Crippen molar-refractivity contribution < 1.29 is 0 Å². The molecule has 0 aliphatic heterocycles. The van der Waals surface area contributed by atoms with Crippen LogP contribution in [0.4, 0.5) is 5.69 Å². The molecule has 0 atom stereocenters. The van der Waals surface area contributed by atoms with E-state index in [-0.39, 0.29) is 0 Å². The fraction of sp³-hybridized carbons (Fsp3) is 0.571. The maximum Gasteiger partial charge on any atom is 0.0494 e. The van der Waals surface area contributed by atoms with Crippen molar-refractivity contribution in [1.82, 2.24) is 0 Å². The Kier molecular flexibility index (Phi) is 5.81. The van der Waals surface area contributed by atoms with Gasteiger partial charge >= 0.3 is 0 Å². The molecule has 0 radical (unpaired) electrons. The van der Waals surface area contributed by atoms with E-state index in [4.69, 9.17) is 11.6 Å². The smallest absolute Gasteiger partial charge is 0.0494 e. The minimum Gasteiger partial charge on any atom is -0.369 e. The fourth-order valence-electron chi connectivity index (χ4n) is 1.92. The molecule has 0 heterocycles. The van der Waals surface area contributed by atoms with Crippen LogP contribution in [0.2, 0.25) is 0 Å². The van der Waals surface area contributed by atoms with E-state index < -0.39 is 0 Å². The molecule has 0 aromatic heterocycles. The largest absolute Gasteiger partial charge is 0.369 e. The van der Waals surface area contributed by atoms with Gasteiger partial charge in [-0.2, -0.15) is 0 Å². The standard InChI is InChI=1S/C14H21BrClN/c1-10(2)9-17(11(3)4)14-6-5-13(15)7-12(14)8-16/h5-7,10-11H,8-9H2,1-4H3. The zero-order valence-corrected chi connectivity index (χ0v) is 13.3. The second kappa shape index (κ2) is 6.65. The second-order valence-corrected chi connectivity index (χ2v) is 6.23. The summed E-state index contributed by atoms with van der Waals surface area (Å²) in [6, 6.07) is 6.84. The van der Waals surface area contributed by atoms with Crippen LogP contribution >= 0.6 is 27.5 Å². The maximum absolute atomic E-state index is 6.04. The van der Waals surface area contributed by atoms with Gasteiger partial charge in [0.2, 0.25) is 0 Å². The lowest BCUT2D eigenvalue weighted by Gasteiger charge is -2.32. The summed E-state index contributed by atoms with van der Waals surface area (Å²) in [4.78, 5) is 2.43. The highest BCUT2D eigenvalue weighted by molar-refractivity contribution is 9.10. The lowest BCUT2D eigenvalue weighted by molar-refractivity contribution is 0.570. The van der Waals surface area contributed by atoms with Gasteiger partial charge in [-0.15, -0.1) is 11.6 Å². The Bertz CT molecular complexity index is 363. The van der Waals surface area contributed by atoms with Crippen molar-refractivity contribution in [3.63, 3.8) is 0 Å². The zero-order valence-electron chi connectivity index (χ0n) is 11.0. The van der Waals surface area contributed by atoms with Gasteiger partial charge < -0.3 is 4.90 Å². The first-order chi connectivity index (χ1) is 7.95. The first-order valence-electron chi connectivity index (χ1n) is 6.06. The second-order valence-electron chi connectivity index (χ2n) is 5.05. The number of hydrogen-bond donors (Lipinski definition) is 0. The zero-order chi connectivity index (χ0) is 13.0. The van der Waals surface area contributed by atoms with Crippen LogP contribution in [-0.4, -0.2) is 12.6 Å². The number of hydrogen-bond acceptors (Lipinski definition) is 1. The minimum atomic E-state index is 0.487. The van der Waals surface area contributed by atoms with E-state index in [1.165, 1.54) is 11.3 Å². The Morgan fingerprint density at radius 2 is 1.88 bits per heavy atom. The van der Waals surface area contributed by atoms with Gasteiger partial charge in [-0.25, -0.2) is 0 Å². The van der Waals surface area contributed by atoms with Gasteiger partial charge in [0.15, 0.2) is 0 Å². The summed E-state index contributed by atoms with van der Waals surface area (Å²) >= 11 is 9.54. The third kappa shape index (κ3) is 4.18. The first-order valence-corrected chi connectivity index (χ1v) is 7.39. The highest BCUT2D eigenvalue weighted by atomic mass is 79.9. The summed E-state index contributed by atoms with van der Waals surface area (Å²) in [5, 5.41) is 0. The van der Waals surface area contributed by atoms with Crippen molar-refractivity contribution >= 4 is 33.2 Å². The summed E-state index contributed by atoms with van der Waals surface area (Å²) in [6.07, 6.45) is 0. The van der Waals surface area contributed by atoms with Crippen LogP contribution in [0.25, 0.3) is 0 Å². The van der Waals surface area contributed by atoms with Gasteiger partial charge in [0.1, 0.15) is 0 Å². The van der Waals surface area contributed by atoms with E-state index in [9.17, 15) is 0 Å². The Morgan fingerprint density at radius 1 is 1.24 bits per heavy atom. The average molecular weight is 319 g/mol. The molecular weight excluding hydrogens is 298 g/mol. The lowest BCUT2D eigenvalue weighted by Crippen LogP contribution is -2.34. The van der Waals surface area contributed by atoms with Crippen molar-refractivity contribution in [3.8, 4) is 0 Å². The molecule has 1 aromatic rings. The Labute approximate surface area is 118 Å². The number of anilines is 1. The summed E-state index contributed by atoms with van der Waals surface area (Å²) in [5.41, 5.74) is 2.45. The molecule has 3 heteroatoms. The van der Waals surface area contributed by atoms with Crippen LogP contribution < -0.4 is 4.90 Å². The molecule has 1 nitrogen and oxygen atoms in total. The summed E-state index contributed by atoms with van der Waals surface area (Å²) < 4.78 is 1.09. The van der Waals surface area contributed by atoms with Gasteiger partial charge in [0, 0.05) is 28.6 Å². The van der Waals surface area contributed by atoms with Gasteiger partial charge in [-0.3, -0.25) is 0 Å². The van der Waals surface area contributed by atoms with Crippen molar-refractivity contribution in [2.75, 3.05) is 11.4 Å². The van der Waals surface area contributed by atoms with E-state index in [0.717, 1.165) is 11.0 Å². The fourth-order valence-corrected chi connectivity index (χ4v) is 2.54. The molecule has 0 aliphatic carbocycles. The van der Waals surface area contributed by atoms with Crippen LogP contribution in [0.15, 0.2) is 22.7 Å². The Morgan fingerprint density at radius 3 is 2.35 bits per heavy atom. The van der Waals surface area contributed by atoms with Crippen LogP contribution in [0.5, 0.6) is 0 Å². The molecule has 0 amide bonds. The van der Waals surface area contributed by atoms with Crippen molar-refractivity contribution in [2.45, 2.75) is 39.6 Å². The number of nitrogens with zero attached hydrogens (tertiary/aromatic N) is 1. The number of halogens is 2. The highest BCUT2D eigenvalue weighted by Gasteiger charge is 2.15. The topological polar surface area (TPSA) is 3.24 Å². The first kappa shape index (κ1) is 14.8. The van der Waals surface area contributed by atoms with Crippen molar-refractivity contribution in [1.29, 1.82) is 0 Å². The van der Waals surface area contributed by atoms with Gasteiger partial charge in [-0.1, -0.05) is 29.8 Å². The Hall–Kier alpha value is -0.210.